The predicted molar refractivity (Wildman–Crippen MR) is 59.0 cm³/mol. The Hall–Kier alpha value is -1.05. The van der Waals surface area contributed by atoms with Crippen molar-refractivity contribution in [1.29, 1.82) is 0 Å². The number of hydrogen-bond donors (Lipinski definition) is 0. The smallest absolute Gasteiger partial charge is 0.308 e. The van der Waals surface area contributed by atoms with E-state index < -0.39 is 0 Å². The molecule has 0 aromatic rings. The van der Waals surface area contributed by atoms with Crippen LogP contribution in [0.5, 0.6) is 0 Å². The van der Waals surface area contributed by atoms with Crippen LogP contribution >= 0.6 is 0 Å². The summed E-state index contributed by atoms with van der Waals surface area (Å²) in [6, 6.07) is 0. The van der Waals surface area contributed by atoms with Gasteiger partial charge in [-0.2, -0.15) is 0 Å². The van der Waals surface area contributed by atoms with Crippen LogP contribution in [0.2, 0.25) is 0 Å². The first-order valence-corrected chi connectivity index (χ1v) is 5.11. The summed E-state index contributed by atoms with van der Waals surface area (Å²) in [5.41, 5.74) is 0. The molecule has 0 aliphatic heterocycles. The van der Waals surface area contributed by atoms with Gasteiger partial charge < -0.3 is 4.74 Å². The molecule has 0 radical (unpaired) electrons. The third kappa shape index (κ3) is 7.59. The number of esters is 1. The van der Waals surface area contributed by atoms with E-state index in [0.717, 1.165) is 19.3 Å². The van der Waals surface area contributed by atoms with Gasteiger partial charge in [0.05, 0.1) is 5.92 Å². The standard InChI is InChI=1S/C12H20O2/c1-4-5-6-7-8-9-10-14-12(13)11(2)3/h4,8-9,11H,1,5-7,10H2,2-3H3. The van der Waals surface area contributed by atoms with Gasteiger partial charge in [-0.15, -0.1) is 6.58 Å². The van der Waals surface area contributed by atoms with E-state index in [1.54, 1.807) is 0 Å². The van der Waals surface area contributed by atoms with Gasteiger partial charge in [-0.1, -0.05) is 32.1 Å². The Morgan fingerprint density at radius 1 is 1.36 bits per heavy atom. The van der Waals surface area contributed by atoms with Crippen molar-refractivity contribution in [2.45, 2.75) is 33.1 Å². The van der Waals surface area contributed by atoms with E-state index in [-0.39, 0.29) is 11.9 Å². The number of hydrogen-bond acceptors (Lipinski definition) is 2. The zero-order chi connectivity index (χ0) is 10.8. The molecule has 0 spiro atoms. The van der Waals surface area contributed by atoms with Crippen molar-refractivity contribution in [3.8, 4) is 0 Å². The van der Waals surface area contributed by atoms with Crippen LogP contribution in [-0.2, 0) is 9.53 Å². The molecule has 0 aliphatic rings. The largest absolute Gasteiger partial charge is 0.461 e. The summed E-state index contributed by atoms with van der Waals surface area (Å²) in [6.07, 6.45) is 9.01. The van der Waals surface area contributed by atoms with E-state index in [4.69, 9.17) is 4.74 Å². The number of unbranched alkanes of at least 4 members (excludes halogenated alkanes) is 2. The van der Waals surface area contributed by atoms with Crippen molar-refractivity contribution >= 4 is 5.97 Å². The highest BCUT2D eigenvalue weighted by Crippen LogP contribution is 1.98. The van der Waals surface area contributed by atoms with Gasteiger partial charge in [0, 0.05) is 0 Å². The molecule has 0 saturated heterocycles. The maximum absolute atomic E-state index is 11.0. The van der Waals surface area contributed by atoms with Crippen LogP contribution in [0.15, 0.2) is 24.8 Å². The molecular weight excluding hydrogens is 176 g/mol. The van der Waals surface area contributed by atoms with Gasteiger partial charge in [-0.3, -0.25) is 4.79 Å². The Labute approximate surface area is 86.6 Å². The summed E-state index contributed by atoms with van der Waals surface area (Å²) < 4.78 is 4.96. The average Bonchev–Trinajstić information content (AvgIpc) is 2.16. The van der Waals surface area contributed by atoms with Gasteiger partial charge in [0.1, 0.15) is 6.61 Å². The topological polar surface area (TPSA) is 26.3 Å². The summed E-state index contributed by atoms with van der Waals surface area (Å²) in [5.74, 6) is -0.176. The molecule has 2 heteroatoms. The second kappa shape index (κ2) is 8.54. The lowest BCUT2D eigenvalue weighted by atomic mass is 10.2. The number of ether oxygens (including phenoxy) is 1. The predicted octanol–water partition coefficient (Wildman–Crippen LogP) is 3.10. The number of carbonyl (C=O) groups is 1. The van der Waals surface area contributed by atoms with E-state index in [1.165, 1.54) is 0 Å². The molecule has 0 aromatic heterocycles. The second-order valence-electron chi connectivity index (χ2n) is 3.48. The lowest BCUT2D eigenvalue weighted by Gasteiger charge is -2.03. The molecule has 0 bridgehead atoms. The monoisotopic (exact) mass is 196 g/mol. The van der Waals surface area contributed by atoms with Gasteiger partial charge in [-0.05, 0) is 19.3 Å². The summed E-state index contributed by atoms with van der Waals surface area (Å²) in [7, 11) is 0. The third-order valence-corrected chi connectivity index (χ3v) is 1.74. The molecule has 0 amide bonds. The fourth-order valence-electron chi connectivity index (χ4n) is 0.863. The summed E-state index contributed by atoms with van der Waals surface area (Å²) in [4.78, 5) is 11.0. The normalized spacial score (nSPS) is 10.8. The van der Waals surface area contributed by atoms with Crippen LogP contribution in [0.3, 0.4) is 0 Å². The molecule has 14 heavy (non-hydrogen) atoms. The molecule has 0 unspecified atom stereocenters. The summed E-state index contributed by atoms with van der Waals surface area (Å²) in [6.45, 7) is 7.70. The highest BCUT2D eigenvalue weighted by atomic mass is 16.5. The summed E-state index contributed by atoms with van der Waals surface area (Å²) >= 11 is 0. The minimum atomic E-state index is -0.138. The van der Waals surface area contributed by atoms with Crippen molar-refractivity contribution in [3.05, 3.63) is 24.8 Å². The van der Waals surface area contributed by atoms with Crippen molar-refractivity contribution in [1.82, 2.24) is 0 Å². The average molecular weight is 196 g/mol. The first-order valence-electron chi connectivity index (χ1n) is 5.11. The van der Waals surface area contributed by atoms with Crippen LogP contribution in [0.4, 0.5) is 0 Å². The lowest BCUT2D eigenvalue weighted by molar-refractivity contribution is -0.146. The van der Waals surface area contributed by atoms with Crippen molar-refractivity contribution in [3.63, 3.8) is 0 Å². The van der Waals surface area contributed by atoms with Gasteiger partial charge in [0.2, 0.25) is 0 Å². The van der Waals surface area contributed by atoms with Crippen molar-refractivity contribution in [2.24, 2.45) is 5.92 Å². The maximum atomic E-state index is 11.0. The highest BCUT2D eigenvalue weighted by Gasteiger charge is 2.05. The van der Waals surface area contributed by atoms with Crippen LogP contribution in [0.25, 0.3) is 0 Å². The van der Waals surface area contributed by atoms with Gasteiger partial charge in [-0.25, -0.2) is 0 Å². The SMILES string of the molecule is C=CCCCC=CCOC(=O)C(C)C. The molecule has 0 aromatic carbocycles. The second-order valence-corrected chi connectivity index (χ2v) is 3.48. The minimum absolute atomic E-state index is 0.0378. The van der Waals surface area contributed by atoms with E-state index in [9.17, 15) is 4.79 Å². The van der Waals surface area contributed by atoms with Crippen LogP contribution < -0.4 is 0 Å². The summed E-state index contributed by atoms with van der Waals surface area (Å²) in [5, 5.41) is 0. The molecule has 80 valence electrons. The Kier molecular flexibility index (Phi) is 7.90. The van der Waals surface area contributed by atoms with Crippen LogP contribution in [0, 0.1) is 5.92 Å². The molecule has 0 aliphatic carbocycles. The molecule has 2 nitrogen and oxygen atoms in total. The molecule has 0 rings (SSSR count). The minimum Gasteiger partial charge on any atom is -0.461 e. The Morgan fingerprint density at radius 3 is 2.64 bits per heavy atom. The fraction of sp³-hybridized carbons (Fsp3) is 0.583. The first-order chi connectivity index (χ1) is 6.68. The highest BCUT2D eigenvalue weighted by molar-refractivity contribution is 5.71. The first kappa shape index (κ1) is 12.9. The lowest BCUT2D eigenvalue weighted by Crippen LogP contribution is -2.11. The number of allylic oxidation sites excluding steroid dienone is 2. The Bertz CT molecular complexity index is 192. The molecule has 0 fully saturated rings. The van der Waals surface area contributed by atoms with E-state index in [1.807, 2.05) is 32.1 Å². The van der Waals surface area contributed by atoms with Gasteiger partial charge in [0.25, 0.3) is 0 Å². The Balaban J connectivity index is 3.35. The molecular formula is C12H20O2. The fourth-order valence-corrected chi connectivity index (χ4v) is 0.863. The number of carbonyl (C=O) groups excluding carboxylic acids is 1. The maximum Gasteiger partial charge on any atom is 0.308 e. The van der Waals surface area contributed by atoms with E-state index in [2.05, 4.69) is 6.58 Å². The van der Waals surface area contributed by atoms with Gasteiger partial charge >= 0.3 is 5.97 Å². The van der Waals surface area contributed by atoms with Crippen molar-refractivity contribution < 1.29 is 9.53 Å². The quantitative estimate of drug-likeness (QED) is 0.355. The number of rotatable bonds is 7. The molecule has 0 heterocycles. The third-order valence-electron chi connectivity index (χ3n) is 1.74. The van der Waals surface area contributed by atoms with E-state index >= 15 is 0 Å². The van der Waals surface area contributed by atoms with Crippen molar-refractivity contribution in [2.75, 3.05) is 6.61 Å². The Morgan fingerprint density at radius 2 is 2.07 bits per heavy atom. The van der Waals surface area contributed by atoms with E-state index in [0.29, 0.717) is 6.61 Å². The zero-order valence-corrected chi connectivity index (χ0v) is 9.16. The van der Waals surface area contributed by atoms with Gasteiger partial charge in [0.15, 0.2) is 0 Å². The van der Waals surface area contributed by atoms with Crippen LogP contribution in [0.1, 0.15) is 33.1 Å². The molecule has 0 saturated carbocycles. The molecule has 0 N–H and O–H groups in total. The zero-order valence-electron chi connectivity index (χ0n) is 9.16. The van der Waals surface area contributed by atoms with Crippen LogP contribution in [-0.4, -0.2) is 12.6 Å². The molecule has 0 atom stereocenters.